The summed E-state index contributed by atoms with van der Waals surface area (Å²) in [5.41, 5.74) is 3.10. The second-order valence-electron chi connectivity index (χ2n) is 5.55. The minimum Gasteiger partial charge on any atom is -0.491 e. The van der Waals surface area contributed by atoms with Crippen molar-refractivity contribution >= 4 is 29.9 Å². The summed E-state index contributed by atoms with van der Waals surface area (Å²) >= 11 is 0. The van der Waals surface area contributed by atoms with Crippen molar-refractivity contribution in [1.29, 1.82) is 0 Å². The third-order valence-corrected chi connectivity index (χ3v) is 3.18. The number of aliphatic imine (C=N–C) groups is 1. The van der Waals surface area contributed by atoms with Gasteiger partial charge in [-0.1, -0.05) is 17.3 Å². The molecule has 0 amide bonds. The molecule has 1 aromatic carbocycles. The molecular formula is C17H25IN4O2. The zero-order valence-corrected chi connectivity index (χ0v) is 16.8. The molecule has 2 N–H and O–H groups in total. The number of ether oxygens (including phenoxy) is 1. The van der Waals surface area contributed by atoms with Gasteiger partial charge >= 0.3 is 0 Å². The molecule has 0 atom stereocenters. The van der Waals surface area contributed by atoms with Crippen molar-refractivity contribution in [2.75, 3.05) is 7.05 Å². The number of benzene rings is 1. The Hall–Kier alpha value is -1.77. The van der Waals surface area contributed by atoms with Gasteiger partial charge in [0.15, 0.2) is 5.96 Å². The number of rotatable bonds is 6. The molecule has 132 valence electrons. The van der Waals surface area contributed by atoms with Crippen LogP contribution in [0.15, 0.2) is 40.0 Å². The maximum Gasteiger partial charge on any atom is 0.191 e. The van der Waals surface area contributed by atoms with Crippen molar-refractivity contribution in [3.8, 4) is 5.75 Å². The molecule has 0 fully saturated rings. The molecule has 0 aliphatic carbocycles. The summed E-state index contributed by atoms with van der Waals surface area (Å²) in [5, 5.41) is 10.3. The molecule has 0 radical (unpaired) electrons. The maximum absolute atomic E-state index is 5.89. The van der Waals surface area contributed by atoms with Crippen LogP contribution in [0.5, 0.6) is 5.75 Å². The van der Waals surface area contributed by atoms with E-state index in [1.165, 1.54) is 5.56 Å². The number of guanidine groups is 1. The third kappa shape index (κ3) is 6.38. The van der Waals surface area contributed by atoms with Crippen LogP contribution in [0, 0.1) is 6.92 Å². The van der Waals surface area contributed by atoms with E-state index in [-0.39, 0.29) is 30.1 Å². The summed E-state index contributed by atoms with van der Waals surface area (Å²) in [6.07, 6.45) is 1.69. The molecule has 0 bridgehead atoms. The van der Waals surface area contributed by atoms with Gasteiger partial charge in [0.25, 0.3) is 0 Å². The van der Waals surface area contributed by atoms with E-state index >= 15 is 0 Å². The highest BCUT2D eigenvalue weighted by molar-refractivity contribution is 14.0. The predicted molar refractivity (Wildman–Crippen MR) is 106 cm³/mol. The van der Waals surface area contributed by atoms with Crippen molar-refractivity contribution in [2.45, 2.75) is 40.0 Å². The molecule has 0 unspecified atom stereocenters. The molecule has 24 heavy (non-hydrogen) atoms. The summed E-state index contributed by atoms with van der Waals surface area (Å²) in [6, 6.07) is 8.03. The van der Waals surface area contributed by atoms with Crippen molar-refractivity contribution in [3.63, 3.8) is 0 Å². The Labute approximate surface area is 160 Å². The number of nitrogens with one attached hydrogen (secondary N) is 2. The second kappa shape index (κ2) is 10.2. The molecule has 0 aliphatic heterocycles. The van der Waals surface area contributed by atoms with Crippen LogP contribution in [0.2, 0.25) is 0 Å². The molecule has 6 nitrogen and oxygen atoms in total. The number of hydrogen-bond donors (Lipinski definition) is 2. The van der Waals surface area contributed by atoms with Crippen molar-refractivity contribution in [1.82, 2.24) is 15.8 Å². The molecule has 0 aliphatic rings. The molecule has 2 rings (SSSR count). The first-order chi connectivity index (χ1) is 11.1. The standard InChI is InChI=1S/C17H24N4O2.HI/c1-12(2)23-16-9-13(3)5-6-14(16)10-19-17(18-4)20-11-15-7-8-22-21-15;/h5-9,12H,10-11H2,1-4H3,(H2,18,19,20);1H. The first kappa shape index (κ1) is 20.3. The Balaban J connectivity index is 0.00000288. The van der Waals surface area contributed by atoms with Gasteiger partial charge in [-0.25, -0.2) is 0 Å². The lowest BCUT2D eigenvalue weighted by atomic mass is 10.1. The highest BCUT2D eigenvalue weighted by atomic mass is 127. The fourth-order valence-electron chi connectivity index (χ4n) is 2.07. The summed E-state index contributed by atoms with van der Waals surface area (Å²) < 4.78 is 10.7. The van der Waals surface area contributed by atoms with Gasteiger partial charge in [0.1, 0.15) is 17.7 Å². The minimum atomic E-state index is 0. The average molecular weight is 444 g/mol. The van der Waals surface area contributed by atoms with E-state index in [9.17, 15) is 0 Å². The summed E-state index contributed by atoms with van der Waals surface area (Å²) in [5.74, 6) is 1.60. The van der Waals surface area contributed by atoms with Gasteiger partial charge in [-0.05, 0) is 32.4 Å². The molecule has 0 saturated carbocycles. The van der Waals surface area contributed by atoms with E-state index in [2.05, 4.69) is 45.9 Å². The molecule has 1 aromatic heterocycles. The molecule has 7 heteroatoms. The normalized spacial score (nSPS) is 11.1. The predicted octanol–water partition coefficient (Wildman–Crippen LogP) is 3.25. The number of aryl methyl sites for hydroxylation is 1. The lowest BCUT2D eigenvalue weighted by molar-refractivity contribution is 0.239. The van der Waals surface area contributed by atoms with Crippen LogP contribution in [0.3, 0.4) is 0 Å². The minimum absolute atomic E-state index is 0. The molecular weight excluding hydrogens is 419 g/mol. The zero-order chi connectivity index (χ0) is 16.7. The van der Waals surface area contributed by atoms with Crippen LogP contribution < -0.4 is 15.4 Å². The fourth-order valence-corrected chi connectivity index (χ4v) is 2.07. The van der Waals surface area contributed by atoms with E-state index in [4.69, 9.17) is 9.26 Å². The van der Waals surface area contributed by atoms with E-state index < -0.39 is 0 Å². The van der Waals surface area contributed by atoms with Crippen LogP contribution in [0.25, 0.3) is 0 Å². The Bertz CT molecular complexity index is 642. The zero-order valence-electron chi connectivity index (χ0n) is 14.5. The largest absolute Gasteiger partial charge is 0.491 e. The third-order valence-electron chi connectivity index (χ3n) is 3.18. The SMILES string of the molecule is CN=C(NCc1ccon1)NCc1ccc(C)cc1OC(C)C.I. The van der Waals surface area contributed by atoms with Gasteiger partial charge < -0.3 is 19.9 Å². The first-order valence-corrected chi connectivity index (χ1v) is 7.68. The van der Waals surface area contributed by atoms with Crippen molar-refractivity contribution in [2.24, 2.45) is 4.99 Å². The van der Waals surface area contributed by atoms with Gasteiger partial charge in [0, 0.05) is 25.2 Å². The van der Waals surface area contributed by atoms with E-state index in [1.807, 2.05) is 19.9 Å². The van der Waals surface area contributed by atoms with Gasteiger partial charge in [-0.3, -0.25) is 4.99 Å². The number of aromatic nitrogens is 1. The Morgan fingerprint density at radius 3 is 2.62 bits per heavy atom. The second-order valence-corrected chi connectivity index (χ2v) is 5.55. The van der Waals surface area contributed by atoms with Gasteiger partial charge in [-0.2, -0.15) is 0 Å². The highest BCUT2D eigenvalue weighted by Gasteiger charge is 2.07. The number of halogens is 1. The van der Waals surface area contributed by atoms with Crippen LogP contribution in [-0.2, 0) is 13.1 Å². The van der Waals surface area contributed by atoms with Crippen LogP contribution in [-0.4, -0.2) is 24.3 Å². The quantitative estimate of drug-likeness (QED) is 0.407. The fraction of sp³-hybridized carbons (Fsp3) is 0.412. The van der Waals surface area contributed by atoms with Crippen LogP contribution >= 0.6 is 24.0 Å². The lowest BCUT2D eigenvalue weighted by Crippen LogP contribution is -2.36. The Morgan fingerprint density at radius 2 is 2.00 bits per heavy atom. The number of hydrogen-bond acceptors (Lipinski definition) is 4. The average Bonchev–Trinajstić information content (AvgIpc) is 3.02. The highest BCUT2D eigenvalue weighted by Crippen LogP contribution is 2.21. The summed E-state index contributed by atoms with van der Waals surface area (Å²) in [6.45, 7) is 7.29. The van der Waals surface area contributed by atoms with E-state index in [0.29, 0.717) is 19.0 Å². The summed E-state index contributed by atoms with van der Waals surface area (Å²) in [7, 11) is 1.73. The van der Waals surface area contributed by atoms with Gasteiger partial charge in [-0.15, -0.1) is 24.0 Å². The van der Waals surface area contributed by atoms with E-state index in [1.54, 1.807) is 13.3 Å². The molecule has 0 saturated heterocycles. The number of nitrogens with zero attached hydrogens (tertiary/aromatic N) is 2. The monoisotopic (exact) mass is 444 g/mol. The summed E-state index contributed by atoms with van der Waals surface area (Å²) in [4.78, 5) is 4.21. The molecule has 0 spiro atoms. The van der Waals surface area contributed by atoms with Crippen molar-refractivity contribution in [3.05, 3.63) is 47.3 Å². The van der Waals surface area contributed by atoms with E-state index in [0.717, 1.165) is 17.0 Å². The van der Waals surface area contributed by atoms with Gasteiger partial charge in [0.05, 0.1) is 12.6 Å². The molecule has 2 aromatic rings. The smallest absolute Gasteiger partial charge is 0.191 e. The Kier molecular flexibility index (Phi) is 8.59. The van der Waals surface area contributed by atoms with Crippen LogP contribution in [0.4, 0.5) is 0 Å². The maximum atomic E-state index is 5.89. The van der Waals surface area contributed by atoms with Crippen molar-refractivity contribution < 1.29 is 9.26 Å². The molecule has 1 heterocycles. The van der Waals surface area contributed by atoms with Crippen LogP contribution in [0.1, 0.15) is 30.7 Å². The Morgan fingerprint density at radius 1 is 1.25 bits per heavy atom. The van der Waals surface area contributed by atoms with Gasteiger partial charge in [0.2, 0.25) is 0 Å². The topological polar surface area (TPSA) is 71.7 Å². The first-order valence-electron chi connectivity index (χ1n) is 7.68. The lowest BCUT2D eigenvalue weighted by Gasteiger charge is -2.17.